The van der Waals surface area contributed by atoms with Crippen molar-refractivity contribution in [2.24, 2.45) is 0 Å². The van der Waals surface area contributed by atoms with Gasteiger partial charge in [0.25, 0.3) is 5.91 Å². The molecule has 1 saturated heterocycles. The van der Waals surface area contributed by atoms with Crippen molar-refractivity contribution in [3.63, 3.8) is 0 Å². The number of piperidine rings is 1. The quantitative estimate of drug-likeness (QED) is 0.782. The number of quaternary nitrogens is 1. The number of nitrogens with one attached hydrogen (secondary N) is 2. The number of amides is 1. The van der Waals surface area contributed by atoms with Gasteiger partial charge in [-0.3, -0.25) is 4.79 Å². The van der Waals surface area contributed by atoms with Crippen LogP contribution in [0.15, 0.2) is 6.07 Å². The summed E-state index contributed by atoms with van der Waals surface area (Å²) in [5.74, 6) is -1.35. The van der Waals surface area contributed by atoms with Crippen LogP contribution < -0.4 is 15.3 Å². The molecule has 2 heterocycles. The van der Waals surface area contributed by atoms with Crippen LogP contribution in [0.5, 0.6) is 0 Å². The zero-order valence-corrected chi connectivity index (χ0v) is 12.5. The molecule has 1 aliphatic heterocycles. The van der Waals surface area contributed by atoms with Crippen molar-refractivity contribution >= 4 is 28.2 Å². The Morgan fingerprint density at radius 1 is 1.35 bits per heavy atom. The summed E-state index contributed by atoms with van der Waals surface area (Å²) in [6, 6.07) is 1.59. The monoisotopic (exact) mass is 296 g/mol. The Morgan fingerprint density at radius 2 is 2.05 bits per heavy atom. The minimum Gasteiger partial charge on any atom is -0.545 e. The van der Waals surface area contributed by atoms with Crippen molar-refractivity contribution in [2.45, 2.75) is 32.6 Å². The van der Waals surface area contributed by atoms with E-state index in [0.29, 0.717) is 11.5 Å². The highest BCUT2D eigenvalue weighted by Gasteiger charge is 2.19. The van der Waals surface area contributed by atoms with Crippen LogP contribution in [0.2, 0.25) is 0 Å². The van der Waals surface area contributed by atoms with E-state index in [2.05, 4.69) is 5.32 Å². The number of anilines is 1. The lowest BCUT2D eigenvalue weighted by molar-refractivity contribution is -0.896. The third-order valence-corrected chi connectivity index (χ3v) is 4.77. The Bertz CT molecular complexity index is 493. The molecule has 0 saturated carbocycles. The summed E-state index contributed by atoms with van der Waals surface area (Å²) in [6.45, 7) is 4.40. The molecule has 0 bridgehead atoms. The van der Waals surface area contributed by atoms with Crippen LogP contribution in [0.1, 0.15) is 41.4 Å². The third-order valence-electron chi connectivity index (χ3n) is 3.58. The fourth-order valence-corrected chi connectivity index (χ4v) is 3.49. The van der Waals surface area contributed by atoms with Crippen molar-refractivity contribution in [3.8, 4) is 0 Å². The molecule has 0 atom stereocenters. The molecule has 0 aliphatic carbocycles. The second-order valence-electron chi connectivity index (χ2n) is 5.13. The van der Waals surface area contributed by atoms with Crippen LogP contribution in [0.3, 0.4) is 0 Å². The number of aromatic carboxylic acids is 1. The van der Waals surface area contributed by atoms with Crippen molar-refractivity contribution < 1.29 is 19.6 Å². The van der Waals surface area contributed by atoms with Crippen molar-refractivity contribution in [3.05, 3.63) is 16.5 Å². The largest absolute Gasteiger partial charge is 0.545 e. The van der Waals surface area contributed by atoms with Crippen molar-refractivity contribution in [1.82, 2.24) is 0 Å². The molecule has 2 rings (SSSR count). The molecule has 1 aliphatic rings. The van der Waals surface area contributed by atoms with Crippen LogP contribution in [-0.2, 0) is 11.2 Å². The zero-order valence-electron chi connectivity index (χ0n) is 11.7. The second-order valence-corrected chi connectivity index (χ2v) is 6.27. The van der Waals surface area contributed by atoms with Gasteiger partial charge in [-0.25, -0.2) is 0 Å². The maximum Gasteiger partial charge on any atom is 0.280 e. The maximum absolute atomic E-state index is 12.0. The standard InChI is InChI=1S/C14H20N2O3S/c1-2-10-8-11(14(18)19)13(20-10)15-12(17)9-16-6-4-3-5-7-16/h8H,2-7,9H2,1H3,(H,15,17)(H,18,19). The Kier molecular flexibility index (Phi) is 5.14. The maximum atomic E-state index is 12.0. The van der Waals surface area contributed by atoms with Crippen molar-refractivity contribution in [2.75, 3.05) is 25.0 Å². The number of hydrogen-bond acceptors (Lipinski definition) is 4. The third kappa shape index (κ3) is 3.80. The molecule has 20 heavy (non-hydrogen) atoms. The van der Waals surface area contributed by atoms with E-state index in [1.807, 2.05) is 6.92 Å². The second kappa shape index (κ2) is 6.85. The molecule has 0 radical (unpaired) electrons. The molecule has 2 N–H and O–H groups in total. The normalized spacial score (nSPS) is 16.1. The first-order valence-electron chi connectivity index (χ1n) is 7.07. The number of carbonyl (C=O) groups is 2. The van der Waals surface area contributed by atoms with Gasteiger partial charge in [-0.05, 0) is 31.7 Å². The van der Waals surface area contributed by atoms with Gasteiger partial charge in [-0.15, -0.1) is 11.3 Å². The number of rotatable bonds is 5. The number of likely N-dealkylation sites (tertiary alicyclic amines) is 1. The van der Waals surface area contributed by atoms with E-state index in [9.17, 15) is 14.7 Å². The van der Waals surface area contributed by atoms with E-state index in [1.54, 1.807) is 6.07 Å². The van der Waals surface area contributed by atoms with E-state index in [4.69, 9.17) is 0 Å². The molecule has 1 aromatic rings. The van der Waals surface area contributed by atoms with Gasteiger partial charge in [-0.1, -0.05) is 6.92 Å². The van der Waals surface area contributed by atoms with Gasteiger partial charge >= 0.3 is 0 Å². The summed E-state index contributed by atoms with van der Waals surface area (Å²) in [7, 11) is 0. The minimum atomic E-state index is -1.23. The molecule has 1 amide bonds. The van der Waals surface area contributed by atoms with Crippen LogP contribution in [0.25, 0.3) is 0 Å². The number of carboxylic acids is 1. The summed E-state index contributed by atoms with van der Waals surface area (Å²) < 4.78 is 0. The highest BCUT2D eigenvalue weighted by Crippen LogP contribution is 2.27. The average molecular weight is 296 g/mol. The van der Waals surface area contributed by atoms with E-state index in [0.717, 1.165) is 37.2 Å². The first kappa shape index (κ1) is 15.0. The lowest BCUT2D eigenvalue weighted by atomic mass is 10.1. The molecule has 5 nitrogen and oxygen atoms in total. The number of carbonyl (C=O) groups excluding carboxylic acids is 2. The number of thiophene rings is 1. The van der Waals surface area contributed by atoms with Crippen LogP contribution in [0.4, 0.5) is 5.00 Å². The molecule has 0 aromatic carbocycles. The molecule has 110 valence electrons. The number of carboxylic acid groups (broad SMARTS) is 1. The van der Waals surface area contributed by atoms with E-state index >= 15 is 0 Å². The van der Waals surface area contributed by atoms with Gasteiger partial charge < -0.3 is 20.1 Å². The fourth-order valence-electron chi connectivity index (χ4n) is 2.49. The van der Waals surface area contributed by atoms with Crippen LogP contribution in [-0.4, -0.2) is 31.5 Å². The van der Waals surface area contributed by atoms with Gasteiger partial charge in [0.15, 0.2) is 6.54 Å². The Hall–Kier alpha value is -1.40. The summed E-state index contributed by atoms with van der Waals surface area (Å²) in [5, 5.41) is 14.2. The van der Waals surface area contributed by atoms with Gasteiger partial charge in [0, 0.05) is 10.4 Å². The lowest BCUT2D eigenvalue weighted by Gasteiger charge is -2.22. The van der Waals surface area contributed by atoms with E-state index in [-0.39, 0.29) is 11.5 Å². The molecule has 6 heteroatoms. The highest BCUT2D eigenvalue weighted by molar-refractivity contribution is 7.16. The predicted molar refractivity (Wildman–Crippen MR) is 76.1 cm³/mol. The molecular formula is C14H20N2O3S. The van der Waals surface area contributed by atoms with Crippen molar-refractivity contribution in [1.29, 1.82) is 0 Å². The molecule has 0 unspecified atom stereocenters. The number of aryl methyl sites for hydroxylation is 1. The van der Waals surface area contributed by atoms with Gasteiger partial charge in [0.05, 0.1) is 19.1 Å². The Labute approximate surface area is 122 Å². The zero-order chi connectivity index (χ0) is 14.5. The first-order chi connectivity index (χ1) is 9.60. The topological polar surface area (TPSA) is 73.7 Å². The van der Waals surface area contributed by atoms with Crippen LogP contribution >= 0.6 is 11.3 Å². The van der Waals surface area contributed by atoms with Crippen LogP contribution in [0, 0.1) is 0 Å². The SMILES string of the molecule is CCc1cc(C(=O)[O-])c(NC(=O)C[NH+]2CCCCC2)s1. The molecule has 1 aromatic heterocycles. The van der Waals surface area contributed by atoms with E-state index < -0.39 is 5.97 Å². The average Bonchev–Trinajstić information content (AvgIpc) is 2.83. The minimum absolute atomic E-state index is 0.0915. The summed E-state index contributed by atoms with van der Waals surface area (Å²) >= 11 is 1.32. The van der Waals surface area contributed by atoms with Gasteiger partial charge in [0.1, 0.15) is 5.00 Å². The van der Waals surface area contributed by atoms with E-state index in [1.165, 1.54) is 22.7 Å². The summed E-state index contributed by atoms with van der Waals surface area (Å²) in [4.78, 5) is 25.3. The summed E-state index contributed by atoms with van der Waals surface area (Å²) in [5.41, 5.74) is 0.0915. The molecule has 0 spiro atoms. The Morgan fingerprint density at radius 3 is 2.65 bits per heavy atom. The molecular weight excluding hydrogens is 276 g/mol. The summed E-state index contributed by atoms with van der Waals surface area (Å²) in [6.07, 6.45) is 4.31. The molecule has 1 fully saturated rings. The highest BCUT2D eigenvalue weighted by atomic mass is 32.1. The van der Waals surface area contributed by atoms with Gasteiger partial charge in [0.2, 0.25) is 0 Å². The number of hydrogen-bond donors (Lipinski definition) is 2. The predicted octanol–water partition coefficient (Wildman–Crippen LogP) is -0.319. The van der Waals surface area contributed by atoms with Gasteiger partial charge in [-0.2, -0.15) is 0 Å². The Balaban J connectivity index is 1.99. The fraction of sp³-hybridized carbons (Fsp3) is 0.571. The smallest absolute Gasteiger partial charge is 0.280 e. The lowest BCUT2D eigenvalue weighted by Crippen LogP contribution is -3.13. The first-order valence-corrected chi connectivity index (χ1v) is 7.89.